The van der Waals surface area contributed by atoms with Crippen molar-refractivity contribution in [1.82, 2.24) is 4.98 Å². The molecule has 110 valence electrons. The first kappa shape index (κ1) is 13.3. The topological polar surface area (TPSA) is 43.1 Å². The van der Waals surface area contributed by atoms with E-state index in [0.717, 1.165) is 24.1 Å². The van der Waals surface area contributed by atoms with Gasteiger partial charge < -0.3 is 4.42 Å². The normalized spacial score (nSPS) is 14.0. The summed E-state index contributed by atoms with van der Waals surface area (Å²) in [5, 5.41) is 0. The molecule has 0 saturated heterocycles. The molecule has 4 rings (SSSR count). The molecule has 0 radical (unpaired) electrons. The molecule has 0 aliphatic heterocycles. The van der Waals surface area contributed by atoms with Crippen molar-refractivity contribution in [3.8, 4) is 0 Å². The lowest BCUT2D eigenvalue weighted by Gasteiger charge is -2.15. The molecule has 0 bridgehead atoms. The second kappa shape index (κ2) is 5.09. The molecule has 0 N–H and O–H groups in total. The van der Waals surface area contributed by atoms with Gasteiger partial charge in [0.2, 0.25) is 5.78 Å². The Morgan fingerprint density at radius 1 is 1.05 bits per heavy atom. The highest BCUT2D eigenvalue weighted by molar-refractivity contribution is 6.08. The molecule has 22 heavy (non-hydrogen) atoms. The summed E-state index contributed by atoms with van der Waals surface area (Å²) in [4.78, 5) is 17.1. The van der Waals surface area contributed by atoms with Crippen molar-refractivity contribution in [2.24, 2.45) is 0 Å². The summed E-state index contributed by atoms with van der Waals surface area (Å²) in [7, 11) is 0. The summed E-state index contributed by atoms with van der Waals surface area (Å²) < 4.78 is 5.67. The minimum absolute atomic E-state index is 0.0657. The minimum atomic E-state index is -0.0657. The maximum atomic E-state index is 12.7. The number of fused-ring (bicyclic) bond motifs is 2. The minimum Gasteiger partial charge on any atom is -0.451 e. The molecule has 2 aromatic heterocycles. The van der Waals surface area contributed by atoms with Crippen LogP contribution in [-0.4, -0.2) is 10.8 Å². The Kier molecular flexibility index (Phi) is 3.07. The summed E-state index contributed by atoms with van der Waals surface area (Å²) in [6.45, 7) is 1.93. The van der Waals surface area contributed by atoms with Crippen LogP contribution in [0.4, 0.5) is 0 Å². The van der Waals surface area contributed by atoms with Crippen LogP contribution in [0.5, 0.6) is 0 Å². The van der Waals surface area contributed by atoms with E-state index in [1.165, 1.54) is 24.0 Å². The molecule has 3 nitrogen and oxygen atoms in total. The molecule has 0 amide bonds. The first-order valence-corrected chi connectivity index (χ1v) is 7.74. The van der Waals surface area contributed by atoms with Gasteiger partial charge >= 0.3 is 0 Å². The fourth-order valence-electron chi connectivity index (χ4n) is 3.15. The van der Waals surface area contributed by atoms with Gasteiger partial charge in [-0.15, -0.1) is 0 Å². The van der Waals surface area contributed by atoms with Gasteiger partial charge in [0.1, 0.15) is 5.52 Å². The lowest BCUT2D eigenvalue weighted by atomic mass is 9.89. The first-order valence-electron chi connectivity index (χ1n) is 7.74. The van der Waals surface area contributed by atoms with E-state index >= 15 is 0 Å². The number of aryl methyl sites for hydroxylation is 3. The number of rotatable bonds is 2. The number of carbonyl (C=O) groups excluding carboxylic acids is 1. The fraction of sp³-hybridized carbons (Fsp3) is 0.263. The second-order valence-electron chi connectivity index (χ2n) is 5.97. The van der Waals surface area contributed by atoms with Crippen LogP contribution >= 0.6 is 0 Å². The smallest absolute Gasteiger partial charge is 0.228 e. The molecule has 1 aliphatic rings. The Morgan fingerprint density at radius 3 is 2.73 bits per heavy atom. The summed E-state index contributed by atoms with van der Waals surface area (Å²) in [5.41, 5.74) is 5.71. The predicted octanol–water partition coefficient (Wildman–Crippen LogP) is 4.25. The lowest BCUT2D eigenvalue weighted by molar-refractivity contribution is 0.101. The Balaban J connectivity index is 1.73. The summed E-state index contributed by atoms with van der Waals surface area (Å²) >= 11 is 0. The van der Waals surface area contributed by atoms with E-state index in [-0.39, 0.29) is 5.78 Å². The molecule has 3 heteroatoms. The van der Waals surface area contributed by atoms with Crippen LogP contribution in [0.3, 0.4) is 0 Å². The highest BCUT2D eigenvalue weighted by atomic mass is 16.3. The van der Waals surface area contributed by atoms with E-state index < -0.39 is 0 Å². The zero-order valence-corrected chi connectivity index (χ0v) is 12.6. The Labute approximate surface area is 129 Å². The first-order chi connectivity index (χ1) is 10.7. The number of ketones is 1. The number of aromatic nitrogens is 1. The SMILES string of the molecule is Cc1ccc2oc(C(=O)c3ccc4c(c3)CCCC4)cc2n1. The molecule has 1 aromatic carbocycles. The van der Waals surface area contributed by atoms with Crippen molar-refractivity contribution >= 4 is 16.9 Å². The van der Waals surface area contributed by atoms with Crippen LogP contribution in [0.25, 0.3) is 11.1 Å². The third kappa shape index (κ3) is 2.23. The van der Waals surface area contributed by atoms with E-state index in [1.807, 2.05) is 31.2 Å². The molecule has 0 unspecified atom stereocenters. The molecule has 1 aliphatic carbocycles. The van der Waals surface area contributed by atoms with E-state index in [1.54, 1.807) is 6.07 Å². The molecule has 0 atom stereocenters. The van der Waals surface area contributed by atoms with Crippen molar-refractivity contribution in [2.45, 2.75) is 32.6 Å². The van der Waals surface area contributed by atoms with Gasteiger partial charge in [0, 0.05) is 17.3 Å². The van der Waals surface area contributed by atoms with Crippen LogP contribution in [0.15, 0.2) is 40.8 Å². The quantitative estimate of drug-likeness (QED) is 0.663. The fourth-order valence-corrected chi connectivity index (χ4v) is 3.15. The van der Waals surface area contributed by atoms with Crippen LogP contribution in [-0.2, 0) is 12.8 Å². The van der Waals surface area contributed by atoms with Gasteiger partial charge in [-0.2, -0.15) is 0 Å². The van der Waals surface area contributed by atoms with Gasteiger partial charge in [-0.05, 0) is 61.9 Å². The van der Waals surface area contributed by atoms with Crippen LogP contribution in [0.1, 0.15) is 45.8 Å². The molecular formula is C19H17NO2. The largest absolute Gasteiger partial charge is 0.451 e. The number of hydrogen-bond donors (Lipinski definition) is 0. The third-order valence-electron chi connectivity index (χ3n) is 4.35. The number of furan rings is 1. The van der Waals surface area contributed by atoms with Gasteiger partial charge in [0.15, 0.2) is 11.3 Å². The number of nitrogens with zero attached hydrogens (tertiary/aromatic N) is 1. The van der Waals surface area contributed by atoms with Crippen LogP contribution < -0.4 is 0 Å². The number of pyridine rings is 1. The van der Waals surface area contributed by atoms with Crippen molar-refractivity contribution in [2.75, 3.05) is 0 Å². The molecule has 2 heterocycles. The average Bonchev–Trinajstić information content (AvgIpc) is 2.96. The summed E-state index contributed by atoms with van der Waals surface area (Å²) in [5.74, 6) is 0.299. The van der Waals surface area contributed by atoms with Crippen molar-refractivity contribution in [1.29, 1.82) is 0 Å². The molecule has 0 saturated carbocycles. The molecule has 0 spiro atoms. The Bertz CT molecular complexity index is 876. The lowest BCUT2D eigenvalue weighted by Crippen LogP contribution is -2.06. The highest BCUT2D eigenvalue weighted by Crippen LogP contribution is 2.25. The van der Waals surface area contributed by atoms with E-state index in [9.17, 15) is 4.79 Å². The van der Waals surface area contributed by atoms with Crippen molar-refractivity contribution < 1.29 is 9.21 Å². The maximum Gasteiger partial charge on any atom is 0.228 e. The number of hydrogen-bond acceptors (Lipinski definition) is 3. The molecule has 3 aromatic rings. The predicted molar refractivity (Wildman–Crippen MR) is 85.3 cm³/mol. The second-order valence-corrected chi connectivity index (χ2v) is 5.97. The zero-order chi connectivity index (χ0) is 15.1. The number of carbonyl (C=O) groups is 1. The van der Waals surface area contributed by atoms with Gasteiger partial charge in [0.25, 0.3) is 0 Å². The Morgan fingerprint density at radius 2 is 1.86 bits per heavy atom. The summed E-state index contributed by atoms with van der Waals surface area (Å²) in [6.07, 6.45) is 4.64. The van der Waals surface area contributed by atoms with Gasteiger partial charge in [-0.25, -0.2) is 4.98 Å². The average molecular weight is 291 g/mol. The molecular weight excluding hydrogens is 274 g/mol. The summed E-state index contributed by atoms with van der Waals surface area (Å²) in [6, 6.07) is 11.5. The molecule has 0 fully saturated rings. The highest BCUT2D eigenvalue weighted by Gasteiger charge is 2.18. The van der Waals surface area contributed by atoms with Gasteiger partial charge in [0.05, 0.1) is 0 Å². The zero-order valence-electron chi connectivity index (χ0n) is 12.6. The maximum absolute atomic E-state index is 12.7. The van der Waals surface area contributed by atoms with E-state index in [4.69, 9.17) is 4.42 Å². The van der Waals surface area contributed by atoms with Crippen LogP contribution in [0, 0.1) is 6.92 Å². The standard InChI is InChI=1S/C19H17NO2/c1-12-6-9-17-16(20-12)11-18(22-17)19(21)15-8-7-13-4-2-3-5-14(13)10-15/h6-11H,2-5H2,1H3. The monoisotopic (exact) mass is 291 g/mol. The van der Waals surface area contributed by atoms with Crippen molar-refractivity contribution in [3.05, 3.63) is 64.5 Å². The Hall–Kier alpha value is -2.42. The number of benzene rings is 1. The van der Waals surface area contributed by atoms with Crippen LogP contribution in [0.2, 0.25) is 0 Å². The van der Waals surface area contributed by atoms with Gasteiger partial charge in [-0.3, -0.25) is 4.79 Å². The van der Waals surface area contributed by atoms with Gasteiger partial charge in [-0.1, -0.05) is 12.1 Å². The van der Waals surface area contributed by atoms with E-state index in [2.05, 4.69) is 11.1 Å². The van der Waals surface area contributed by atoms with Crippen molar-refractivity contribution in [3.63, 3.8) is 0 Å². The van der Waals surface area contributed by atoms with E-state index in [0.29, 0.717) is 16.9 Å². The third-order valence-corrected chi connectivity index (χ3v) is 4.35.